The number of halogens is 1. The first-order chi connectivity index (χ1) is 10.7. The summed E-state index contributed by atoms with van der Waals surface area (Å²) in [5.41, 5.74) is 4.16. The molecular weight excluding hydrogens is 271 g/mol. The van der Waals surface area contributed by atoms with Gasteiger partial charge in [0.05, 0.1) is 0 Å². The summed E-state index contributed by atoms with van der Waals surface area (Å²) in [5.74, 6) is 1.29. The predicted octanol–water partition coefficient (Wildman–Crippen LogP) is 6.35. The van der Waals surface area contributed by atoms with Gasteiger partial charge in [0.1, 0.15) is 5.82 Å². The van der Waals surface area contributed by atoms with Gasteiger partial charge in [-0.05, 0) is 53.9 Å². The minimum Gasteiger partial charge on any atom is -0.206 e. The number of benzene rings is 2. The van der Waals surface area contributed by atoms with Crippen molar-refractivity contribution in [1.29, 1.82) is 0 Å². The molecule has 0 bridgehead atoms. The van der Waals surface area contributed by atoms with Gasteiger partial charge in [0.2, 0.25) is 0 Å². The van der Waals surface area contributed by atoms with Gasteiger partial charge in [0, 0.05) is 5.56 Å². The molecule has 0 nitrogen and oxygen atoms in total. The Bertz CT molecular complexity index is 619. The zero-order valence-corrected chi connectivity index (χ0v) is 13.6. The van der Waals surface area contributed by atoms with Gasteiger partial charge in [-0.15, -0.1) is 0 Å². The summed E-state index contributed by atoms with van der Waals surface area (Å²) in [6.07, 6.45) is 5.96. The van der Waals surface area contributed by atoms with Gasteiger partial charge in [-0.25, -0.2) is 4.39 Å². The summed E-state index contributed by atoms with van der Waals surface area (Å²) < 4.78 is 14.5. The van der Waals surface area contributed by atoms with Crippen molar-refractivity contribution in [3.05, 3.63) is 59.4 Å². The lowest BCUT2D eigenvalue weighted by atomic mass is 9.79. The molecule has 1 saturated carbocycles. The van der Waals surface area contributed by atoms with Crippen molar-refractivity contribution >= 4 is 0 Å². The second-order valence-corrected chi connectivity index (χ2v) is 6.75. The average molecular weight is 296 g/mol. The topological polar surface area (TPSA) is 0 Å². The van der Waals surface area contributed by atoms with Crippen LogP contribution in [-0.2, 0) is 6.42 Å². The van der Waals surface area contributed by atoms with Crippen LogP contribution in [-0.4, -0.2) is 0 Å². The maximum absolute atomic E-state index is 14.5. The molecular formula is C21H25F. The van der Waals surface area contributed by atoms with Crippen LogP contribution >= 0.6 is 0 Å². The van der Waals surface area contributed by atoms with E-state index in [4.69, 9.17) is 0 Å². The van der Waals surface area contributed by atoms with Crippen LogP contribution in [0.25, 0.3) is 11.1 Å². The predicted molar refractivity (Wildman–Crippen MR) is 91.6 cm³/mol. The molecule has 116 valence electrons. The lowest BCUT2D eigenvalue weighted by molar-refractivity contribution is 0.347. The second-order valence-electron chi connectivity index (χ2n) is 6.75. The number of rotatable bonds is 3. The Kier molecular flexibility index (Phi) is 4.61. The van der Waals surface area contributed by atoms with Crippen LogP contribution in [0.15, 0.2) is 42.5 Å². The molecule has 0 saturated heterocycles. The lowest BCUT2D eigenvalue weighted by Crippen LogP contribution is -2.11. The first-order valence-corrected chi connectivity index (χ1v) is 8.56. The summed E-state index contributed by atoms with van der Waals surface area (Å²) in [7, 11) is 0. The summed E-state index contributed by atoms with van der Waals surface area (Å²) >= 11 is 0. The molecule has 0 aromatic heterocycles. The summed E-state index contributed by atoms with van der Waals surface area (Å²) in [6, 6.07) is 14.1. The molecule has 0 radical (unpaired) electrons. The highest BCUT2D eigenvalue weighted by Crippen LogP contribution is 2.36. The van der Waals surface area contributed by atoms with E-state index in [9.17, 15) is 4.39 Å². The molecule has 1 aliphatic carbocycles. The lowest BCUT2D eigenvalue weighted by Gasteiger charge is -2.26. The summed E-state index contributed by atoms with van der Waals surface area (Å²) in [6.45, 7) is 4.45. The smallest absolute Gasteiger partial charge is 0.131 e. The van der Waals surface area contributed by atoms with E-state index < -0.39 is 0 Å². The molecule has 0 aliphatic heterocycles. The van der Waals surface area contributed by atoms with Crippen molar-refractivity contribution in [1.82, 2.24) is 0 Å². The second kappa shape index (κ2) is 6.64. The zero-order valence-electron chi connectivity index (χ0n) is 13.6. The molecule has 0 amide bonds. The minimum absolute atomic E-state index is 0.0830. The van der Waals surface area contributed by atoms with Gasteiger partial charge in [0.25, 0.3) is 0 Å². The molecule has 0 heterocycles. The highest BCUT2D eigenvalue weighted by molar-refractivity contribution is 5.65. The summed E-state index contributed by atoms with van der Waals surface area (Å²) in [4.78, 5) is 0. The Hall–Kier alpha value is -1.63. The van der Waals surface area contributed by atoms with Crippen molar-refractivity contribution in [2.75, 3.05) is 0 Å². The highest BCUT2D eigenvalue weighted by atomic mass is 19.1. The first kappa shape index (κ1) is 15.3. The zero-order chi connectivity index (χ0) is 15.5. The standard InChI is InChI=1S/C21H25F/c1-3-16-6-10-18(11-7-16)20-13-12-19(14-21(20)22)17-8-4-15(2)5-9-17/h6-7,10-15,17H,3-5,8-9H2,1-2H3. The number of aryl methyl sites for hydroxylation is 1. The fourth-order valence-corrected chi connectivity index (χ4v) is 3.53. The van der Waals surface area contributed by atoms with Gasteiger partial charge in [0.15, 0.2) is 0 Å². The fourth-order valence-electron chi connectivity index (χ4n) is 3.53. The normalized spacial score (nSPS) is 21.8. The molecule has 1 heteroatoms. The highest BCUT2D eigenvalue weighted by Gasteiger charge is 2.20. The van der Waals surface area contributed by atoms with Gasteiger partial charge in [-0.2, -0.15) is 0 Å². The molecule has 2 aromatic carbocycles. The van der Waals surface area contributed by atoms with E-state index >= 15 is 0 Å². The number of hydrogen-bond donors (Lipinski definition) is 0. The molecule has 0 unspecified atom stereocenters. The van der Waals surface area contributed by atoms with Gasteiger partial charge in [-0.1, -0.05) is 63.1 Å². The average Bonchev–Trinajstić information content (AvgIpc) is 2.56. The number of hydrogen-bond acceptors (Lipinski definition) is 0. The van der Waals surface area contributed by atoms with Crippen LogP contribution in [0.5, 0.6) is 0 Å². The van der Waals surface area contributed by atoms with E-state index in [1.54, 1.807) is 6.07 Å². The van der Waals surface area contributed by atoms with Crippen molar-refractivity contribution in [3.8, 4) is 11.1 Å². The van der Waals surface area contributed by atoms with Crippen LogP contribution in [0.3, 0.4) is 0 Å². The van der Waals surface area contributed by atoms with Crippen molar-refractivity contribution in [2.24, 2.45) is 5.92 Å². The largest absolute Gasteiger partial charge is 0.206 e. The van der Waals surface area contributed by atoms with Crippen molar-refractivity contribution in [3.63, 3.8) is 0 Å². The molecule has 0 spiro atoms. The molecule has 0 N–H and O–H groups in total. The fraction of sp³-hybridized carbons (Fsp3) is 0.429. The maximum atomic E-state index is 14.5. The Morgan fingerprint density at radius 2 is 1.64 bits per heavy atom. The molecule has 2 aromatic rings. The molecule has 0 atom stereocenters. The van der Waals surface area contributed by atoms with Gasteiger partial charge < -0.3 is 0 Å². The molecule has 1 aliphatic rings. The summed E-state index contributed by atoms with van der Waals surface area (Å²) in [5, 5.41) is 0. The van der Waals surface area contributed by atoms with Crippen LogP contribution in [0.4, 0.5) is 4.39 Å². The SMILES string of the molecule is CCc1ccc(-c2ccc(C3CCC(C)CC3)cc2F)cc1. The van der Waals surface area contributed by atoms with E-state index in [1.165, 1.54) is 36.8 Å². The molecule has 22 heavy (non-hydrogen) atoms. The maximum Gasteiger partial charge on any atom is 0.131 e. The quantitative estimate of drug-likeness (QED) is 0.619. The van der Waals surface area contributed by atoms with Gasteiger partial charge in [-0.3, -0.25) is 0 Å². The Labute approximate surface area is 133 Å². The van der Waals surface area contributed by atoms with Crippen LogP contribution < -0.4 is 0 Å². The minimum atomic E-state index is -0.0830. The van der Waals surface area contributed by atoms with E-state index in [0.29, 0.717) is 5.92 Å². The van der Waals surface area contributed by atoms with Crippen LogP contribution in [0, 0.1) is 11.7 Å². The molecule has 1 fully saturated rings. The Morgan fingerprint density at radius 3 is 2.23 bits per heavy atom. The van der Waals surface area contributed by atoms with Crippen LogP contribution in [0.1, 0.15) is 56.6 Å². The Morgan fingerprint density at radius 1 is 0.955 bits per heavy atom. The monoisotopic (exact) mass is 296 g/mol. The molecule has 3 rings (SSSR count). The van der Waals surface area contributed by atoms with E-state index in [-0.39, 0.29) is 5.82 Å². The first-order valence-electron chi connectivity index (χ1n) is 8.56. The van der Waals surface area contributed by atoms with Crippen LogP contribution in [0.2, 0.25) is 0 Å². The van der Waals surface area contributed by atoms with Crippen molar-refractivity contribution in [2.45, 2.75) is 51.9 Å². The van der Waals surface area contributed by atoms with E-state index in [0.717, 1.165) is 23.5 Å². The third-order valence-electron chi connectivity index (χ3n) is 5.15. The van der Waals surface area contributed by atoms with Crippen molar-refractivity contribution < 1.29 is 4.39 Å². The third kappa shape index (κ3) is 3.24. The van der Waals surface area contributed by atoms with E-state index in [2.05, 4.69) is 32.0 Å². The van der Waals surface area contributed by atoms with Gasteiger partial charge >= 0.3 is 0 Å². The third-order valence-corrected chi connectivity index (χ3v) is 5.15. The Balaban J connectivity index is 1.82. The van der Waals surface area contributed by atoms with E-state index in [1.807, 2.05) is 18.2 Å².